The van der Waals surface area contributed by atoms with Crippen LogP contribution in [0.15, 0.2) is 42.5 Å². The van der Waals surface area contributed by atoms with E-state index >= 15 is 0 Å². The van der Waals surface area contributed by atoms with Gasteiger partial charge in [0.25, 0.3) is 17.7 Å². The Bertz CT molecular complexity index is 757. The van der Waals surface area contributed by atoms with Crippen molar-refractivity contribution in [2.75, 3.05) is 11.4 Å². The van der Waals surface area contributed by atoms with Gasteiger partial charge >= 0.3 is 6.03 Å². The van der Waals surface area contributed by atoms with Crippen LogP contribution in [0.5, 0.6) is 0 Å². The Labute approximate surface area is 125 Å². The van der Waals surface area contributed by atoms with Crippen LogP contribution >= 0.6 is 0 Å². The normalized spacial score (nSPS) is 17.4. The Morgan fingerprint density at radius 2 is 1.64 bits per heavy atom. The van der Waals surface area contributed by atoms with Crippen molar-refractivity contribution in [3.8, 4) is 0 Å². The molecule has 0 spiro atoms. The fraction of sp³-hybridized carbons (Fsp3) is 0.0667. The Balaban J connectivity index is 2.22. The highest BCUT2D eigenvalue weighted by atomic mass is 16.2. The number of rotatable bonds is 2. The van der Waals surface area contributed by atoms with Gasteiger partial charge in [0.2, 0.25) is 0 Å². The number of anilines is 1. The Kier molecular flexibility index (Phi) is 3.10. The summed E-state index contributed by atoms with van der Waals surface area (Å²) in [5.74, 6) is -2.24. The average Bonchev–Trinajstić information content (AvgIpc) is 2.73. The van der Waals surface area contributed by atoms with Crippen LogP contribution in [-0.2, 0) is 14.4 Å². The van der Waals surface area contributed by atoms with Crippen LogP contribution in [0.25, 0.3) is 5.57 Å². The van der Waals surface area contributed by atoms with Gasteiger partial charge in [-0.25, -0.2) is 4.79 Å². The molecule has 0 radical (unpaired) electrons. The zero-order valence-electron chi connectivity index (χ0n) is 11.4. The van der Waals surface area contributed by atoms with Crippen LogP contribution in [0, 0.1) is 0 Å². The predicted molar refractivity (Wildman–Crippen MR) is 77.6 cm³/mol. The zero-order valence-corrected chi connectivity index (χ0v) is 11.4. The zero-order chi connectivity index (χ0) is 15.9. The number of hydrogen-bond donors (Lipinski definition) is 2. The minimum Gasteiger partial charge on any atom is -0.304 e. The van der Waals surface area contributed by atoms with Gasteiger partial charge in [-0.3, -0.25) is 25.0 Å². The van der Waals surface area contributed by atoms with E-state index in [1.54, 1.807) is 30.3 Å². The number of para-hydroxylation sites is 1. The largest absolute Gasteiger partial charge is 0.328 e. The molecular formula is C15H11N3O4. The van der Waals surface area contributed by atoms with Crippen molar-refractivity contribution in [1.29, 1.82) is 0 Å². The maximum absolute atomic E-state index is 12.6. The summed E-state index contributed by atoms with van der Waals surface area (Å²) in [5.41, 5.74) is 0.694. The van der Waals surface area contributed by atoms with Crippen LogP contribution in [0.1, 0.15) is 5.56 Å². The molecule has 110 valence electrons. The summed E-state index contributed by atoms with van der Waals surface area (Å²) in [4.78, 5) is 49.1. The number of barbiturate groups is 1. The van der Waals surface area contributed by atoms with Crippen molar-refractivity contribution in [3.05, 3.63) is 48.1 Å². The minimum absolute atomic E-state index is 0.0139. The topological polar surface area (TPSA) is 95.6 Å². The molecule has 0 atom stereocenters. The standard InChI is InChI=1S/C15H11N3O4/c1-2-7-18-9-6-4-3-5-8(9)10(14(18)21)11-12(19)16-15(22)17-13(11)20/h2-6H,1,7H2,(H2,16,17,19,20,22). The van der Waals surface area contributed by atoms with Crippen LogP contribution in [0.2, 0.25) is 0 Å². The quantitative estimate of drug-likeness (QED) is 0.467. The Hall–Kier alpha value is -3.22. The van der Waals surface area contributed by atoms with E-state index in [-0.39, 0.29) is 17.7 Å². The lowest BCUT2D eigenvalue weighted by Gasteiger charge is -2.16. The number of benzene rings is 1. The number of carbonyl (C=O) groups excluding carboxylic acids is 4. The van der Waals surface area contributed by atoms with Gasteiger partial charge in [0, 0.05) is 12.1 Å². The highest BCUT2D eigenvalue weighted by molar-refractivity contribution is 6.44. The van der Waals surface area contributed by atoms with Crippen LogP contribution < -0.4 is 15.5 Å². The highest BCUT2D eigenvalue weighted by Gasteiger charge is 2.40. The van der Waals surface area contributed by atoms with E-state index in [9.17, 15) is 19.2 Å². The number of nitrogens with zero attached hydrogens (tertiary/aromatic N) is 1. The third-order valence-corrected chi connectivity index (χ3v) is 3.39. The molecule has 2 aliphatic rings. The number of nitrogens with one attached hydrogen (secondary N) is 2. The van der Waals surface area contributed by atoms with Gasteiger partial charge < -0.3 is 4.90 Å². The molecule has 2 heterocycles. The van der Waals surface area contributed by atoms with Crippen molar-refractivity contribution in [1.82, 2.24) is 10.6 Å². The van der Waals surface area contributed by atoms with Gasteiger partial charge in [0.1, 0.15) is 5.57 Å². The number of carbonyl (C=O) groups is 4. The smallest absolute Gasteiger partial charge is 0.304 e. The molecule has 3 rings (SSSR count). The number of imide groups is 2. The van der Waals surface area contributed by atoms with Crippen LogP contribution in [0.4, 0.5) is 10.5 Å². The molecule has 1 saturated heterocycles. The summed E-state index contributed by atoms with van der Waals surface area (Å²) in [6.45, 7) is 3.84. The molecule has 2 aliphatic heterocycles. The molecule has 0 aromatic heterocycles. The molecule has 7 heteroatoms. The first-order valence-electron chi connectivity index (χ1n) is 6.47. The van der Waals surface area contributed by atoms with Gasteiger partial charge in [-0.1, -0.05) is 24.3 Å². The van der Waals surface area contributed by atoms with Crippen molar-refractivity contribution < 1.29 is 19.2 Å². The third-order valence-electron chi connectivity index (χ3n) is 3.39. The molecule has 5 amide bonds. The minimum atomic E-state index is -0.902. The first-order chi connectivity index (χ1) is 10.5. The molecule has 0 bridgehead atoms. The summed E-state index contributed by atoms with van der Waals surface area (Å²) in [7, 11) is 0. The van der Waals surface area contributed by atoms with Crippen molar-refractivity contribution in [2.24, 2.45) is 0 Å². The maximum atomic E-state index is 12.6. The van der Waals surface area contributed by atoms with Crippen molar-refractivity contribution in [2.45, 2.75) is 0 Å². The number of fused-ring (bicyclic) bond motifs is 1. The molecule has 22 heavy (non-hydrogen) atoms. The van der Waals surface area contributed by atoms with E-state index in [4.69, 9.17) is 0 Å². The molecular weight excluding hydrogens is 286 g/mol. The Morgan fingerprint density at radius 3 is 2.27 bits per heavy atom. The van der Waals surface area contributed by atoms with Gasteiger partial charge in [-0.05, 0) is 6.07 Å². The van der Waals surface area contributed by atoms with Gasteiger partial charge in [0.15, 0.2) is 0 Å². The Morgan fingerprint density at radius 1 is 1.00 bits per heavy atom. The third kappa shape index (κ3) is 1.91. The summed E-state index contributed by atoms with van der Waals surface area (Å²) in [6, 6.07) is 5.92. The van der Waals surface area contributed by atoms with E-state index in [2.05, 4.69) is 6.58 Å². The van der Waals surface area contributed by atoms with E-state index in [0.29, 0.717) is 11.3 Å². The van der Waals surface area contributed by atoms with E-state index in [1.165, 1.54) is 4.90 Å². The number of urea groups is 1. The predicted octanol–water partition coefficient (Wildman–Crippen LogP) is 0.339. The van der Waals surface area contributed by atoms with E-state index < -0.39 is 23.8 Å². The van der Waals surface area contributed by atoms with E-state index in [0.717, 1.165) is 0 Å². The lowest BCUT2D eigenvalue weighted by molar-refractivity contribution is -0.124. The van der Waals surface area contributed by atoms with Crippen LogP contribution in [-0.4, -0.2) is 30.3 Å². The summed E-state index contributed by atoms with van der Waals surface area (Å²) >= 11 is 0. The molecule has 0 saturated carbocycles. The molecule has 0 aliphatic carbocycles. The van der Waals surface area contributed by atoms with Gasteiger partial charge in [-0.2, -0.15) is 0 Å². The van der Waals surface area contributed by atoms with Crippen molar-refractivity contribution >= 4 is 35.0 Å². The van der Waals surface area contributed by atoms with Gasteiger partial charge in [-0.15, -0.1) is 6.58 Å². The second-order valence-electron chi connectivity index (χ2n) is 4.71. The molecule has 2 N–H and O–H groups in total. The summed E-state index contributed by atoms with van der Waals surface area (Å²) in [6.07, 6.45) is 1.55. The first kappa shape index (κ1) is 13.7. The molecule has 1 fully saturated rings. The summed E-state index contributed by atoms with van der Waals surface area (Å²) in [5, 5.41) is 3.95. The van der Waals surface area contributed by atoms with Crippen molar-refractivity contribution in [3.63, 3.8) is 0 Å². The monoisotopic (exact) mass is 297 g/mol. The highest BCUT2D eigenvalue weighted by Crippen LogP contribution is 2.38. The lowest BCUT2D eigenvalue weighted by Crippen LogP contribution is -2.52. The molecule has 7 nitrogen and oxygen atoms in total. The molecule has 1 aromatic carbocycles. The maximum Gasteiger partial charge on any atom is 0.328 e. The fourth-order valence-electron chi connectivity index (χ4n) is 2.52. The fourth-order valence-corrected chi connectivity index (χ4v) is 2.52. The van der Waals surface area contributed by atoms with Crippen LogP contribution in [0.3, 0.4) is 0 Å². The first-order valence-corrected chi connectivity index (χ1v) is 6.47. The van der Waals surface area contributed by atoms with Gasteiger partial charge in [0.05, 0.1) is 11.3 Å². The molecule has 1 aromatic rings. The second-order valence-corrected chi connectivity index (χ2v) is 4.71. The molecule has 0 unspecified atom stereocenters. The lowest BCUT2D eigenvalue weighted by atomic mass is 9.99. The average molecular weight is 297 g/mol. The SMILES string of the molecule is C=CCN1C(=O)C(=C2C(=O)NC(=O)NC2=O)c2ccccc21. The number of hydrogen-bond acceptors (Lipinski definition) is 4. The second kappa shape index (κ2) is 4.96. The number of amides is 5. The summed E-state index contributed by atoms with van der Waals surface area (Å²) < 4.78 is 0. The van der Waals surface area contributed by atoms with E-state index in [1.807, 2.05) is 10.6 Å².